The topological polar surface area (TPSA) is 142 Å². The SMILES string of the molecule is Cc1cccc([N+](=O)[O-])c1NC(=O)COC(=O)/C=C/c1ccc([N+](=O)[O-])cc1. The molecule has 0 aliphatic carbocycles. The van der Waals surface area contributed by atoms with Crippen molar-refractivity contribution in [1.82, 2.24) is 0 Å². The second-order valence-electron chi connectivity index (χ2n) is 5.56. The summed E-state index contributed by atoms with van der Waals surface area (Å²) in [4.78, 5) is 44.0. The molecular formula is C18H15N3O7. The van der Waals surface area contributed by atoms with Crippen molar-refractivity contribution < 1.29 is 24.2 Å². The normalized spacial score (nSPS) is 10.5. The maximum Gasteiger partial charge on any atom is 0.331 e. The molecule has 0 bridgehead atoms. The summed E-state index contributed by atoms with van der Waals surface area (Å²) in [5.41, 5.74) is 0.712. The van der Waals surface area contributed by atoms with Crippen molar-refractivity contribution >= 4 is 35.0 Å². The Kier molecular flexibility index (Phi) is 6.53. The van der Waals surface area contributed by atoms with Crippen molar-refractivity contribution in [2.75, 3.05) is 11.9 Å². The predicted molar refractivity (Wildman–Crippen MR) is 99.6 cm³/mol. The summed E-state index contributed by atoms with van der Waals surface area (Å²) in [6, 6.07) is 9.81. The van der Waals surface area contributed by atoms with Crippen LogP contribution >= 0.6 is 0 Å². The molecule has 1 N–H and O–H groups in total. The van der Waals surface area contributed by atoms with Crippen LogP contribution in [0.1, 0.15) is 11.1 Å². The molecule has 0 saturated carbocycles. The van der Waals surface area contributed by atoms with Crippen LogP contribution in [0.4, 0.5) is 17.1 Å². The van der Waals surface area contributed by atoms with Crippen molar-refractivity contribution in [1.29, 1.82) is 0 Å². The zero-order valence-electron chi connectivity index (χ0n) is 14.7. The zero-order valence-corrected chi connectivity index (χ0v) is 14.7. The molecule has 0 aliphatic rings. The van der Waals surface area contributed by atoms with E-state index in [-0.39, 0.29) is 17.1 Å². The van der Waals surface area contributed by atoms with E-state index in [2.05, 4.69) is 5.32 Å². The number of nitro groups is 2. The molecule has 2 rings (SSSR count). The number of rotatable bonds is 7. The standard InChI is InChI=1S/C18H15N3O7/c1-12-3-2-4-15(21(26)27)18(12)19-16(22)11-28-17(23)10-7-13-5-8-14(9-6-13)20(24)25/h2-10H,11H2,1H3,(H,19,22)/b10-7+. The Balaban J connectivity index is 1.91. The van der Waals surface area contributed by atoms with Gasteiger partial charge in [0.15, 0.2) is 6.61 Å². The summed E-state index contributed by atoms with van der Waals surface area (Å²) in [6.07, 6.45) is 2.43. The molecule has 0 spiro atoms. The Labute approximate surface area is 158 Å². The van der Waals surface area contributed by atoms with Crippen LogP contribution in [-0.4, -0.2) is 28.3 Å². The highest BCUT2D eigenvalue weighted by atomic mass is 16.6. The smallest absolute Gasteiger partial charge is 0.331 e. The van der Waals surface area contributed by atoms with Gasteiger partial charge in [-0.15, -0.1) is 0 Å². The highest BCUT2D eigenvalue weighted by Crippen LogP contribution is 2.27. The Morgan fingerprint density at radius 1 is 1.07 bits per heavy atom. The van der Waals surface area contributed by atoms with Gasteiger partial charge in [-0.1, -0.05) is 12.1 Å². The molecule has 10 heteroatoms. The van der Waals surface area contributed by atoms with Gasteiger partial charge in [-0.05, 0) is 36.3 Å². The summed E-state index contributed by atoms with van der Waals surface area (Å²) in [5.74, 6) is -1.54. The second-order valence-corrected chi connectivity index (χ2v) is 5.56. The molecule has 0 saturated heterocycles. The molecule has 0 unspecified atom stereocenters. The fourth-order valence-corrected chi connectivity index (χ4v) is 2.20. The molecule has 2 aromatic carbocycles. The third kappa shape index (κ3) is 5.46. The number of hydrogen-bond donors (Lipinski definition) is 1. The number of ether oxygens (including phenoxy) is 1. The number of non-ortho nitro benzene ring substituents is 1. The van der Waals surface area contributed by atoms with E-state index in [9.17, 15) is 29.8 Å². The number of hydrogen-bond acceptors (Lipinski definition) is 7. The first-order valence-corrected chi connectivity index (χ1v) is 7.91. The molecule has 1 amide bonds. The van der Waals surface area contributed by atoms with Gasteiger partial charge < -0.3 is 10.1 Å². The first-order chi connectivity index (χ1) is 13.3. The second kappa shape index (κ2) is 9.03. The van der Waals surface area contributed by atoms with Gasteiger partial charge in [0.1, 0.15) is 5.69 Å². The number of aryl methyl sites for hydroxylation is 1. The number of esters is 1. The Bertz CT molecular complexity index is 952. The molecule has 144 valence electrons. The lowest BCUT2D eigenvalue weighted by atomic mass is 10.1. The lowest BCUT2D eigenvalue weighted by Crippen LogP contribution is -2.21. The van der Waals surface area contributed by atoms with Crippen LogP contribution in [0.3, 0.4) is 0 Å². The lowest BCUT2D eigenvalue weighted by Gasteiger charge is -2.08. The Hall–Kier alpha value is -4.08. The van der Waals surface area contributed by atoms with E-state index in [1.54, 1.807) is 13.0 Å². The average Bonchev–Trinajstić information content (AvgIpc) is 2.66. The van der Waals surface area contributed by atoms with Crippen molar-refractivity contribution in [2.45, 2.75) is 6.92 Å². The largest absolute Gasteiger partial charge is 0.452 e. The van der Waals surface area contributed by atoms with Crippen LogP contribution in [0.5, 0.6) is 0 Å². The molecule has 10 nitrogen and oxygen atoms in total. The number of nitro benzene ring substituents is 2. The first kappa shape index (κ1) is 20.2. The van der Waals surface area contributed by atoms with Crippen LogP contribution < -0.4 is 5.32 Å². The number of carbonyl (C=O) groups is 2. The van der Waals surface area contributed by atoms with Crippen LogP contribution in [-0.2, 0) is 14.3 Å². The van der Waals surface area contributed by atoms with Gasteiger partial charge >= 0.3 is 5.97 Å². The molecule has 0 radical (unpaired) electrons. The average molecular weight is 385 g/mol. The Morgan fingerprint density at radius 2 is 1.75 bits per heavy atom. The molecule has 0 heterocycles. The van der Waals surface area contributed by atoms with E-state index < -0.39 is 28.3 Å². The summed E-state index contributed by atoms with van der Waals surface area (Å²) >= 11 is 0. The van der Waals surface area contributed by atoms with Crippen molar-refractivity contribution in [2.24, 2.45) is 0 Å². The fraction of sp³-hybridized carbons (Fsp3) is 0.111. The maximum absolute atomic E-state index is 11.9. The van der Waals surface area contributed by atoms with Gasteiger partial charge in [0, 0.05) is 24.3 Å². The van der Waals surface area contributed by atoms with E-state index in [1.165, 1.54) is 42.5 Å². The zero-order chi connectivity index (χ0) is 20.7. The third-order valence-corrected chi connectivity index (χ3v) is 3.57. The number of nitrogens with one attached hydrogen (secondary N) is 1. The van der Waals surface area contributed by atoms with Gasteiger partial charge in [-0.25, -0.2) is 4.79 Å². The van der Waals surface area contributed by atoms with Crippen molar-refractivity contribution in [3.05, 3.63) is 79.9 Å². The minimum Gasteiger partial charge on any atom is -0.452 e. The number of carbonyl (C=O) groups excluding carboxylic acids is 2. The maximum atomic E-state index is 11.9. The lowest BCUT2D eigenvalue weighted by molar-refractivity contribution is -0.384. The number of amides is 1. The molecule has 28 heavy (non-hydrogen) atoms. The quantitative estimate of drug-likeness (QED) is 0.334. The van der Waals surface area contributed by atoms with Crippen LogP contribution in [0.15, 0.2) is 48.5 Å². The summed E-state index contributed by atoms with van der Waals surface area (Å²) in [7, 11) is 0. The highest BCUT2D eigenvalue weighted by Gasteiger charge is 2.18. The van der Waals surface area contributed by atoms with E-state index >= 15 is 0 Å². The van der Waals surface area contributed by atoms with Crippen LogP contribution in [0.25, 0.3) is 6.08 Å². The summed E-state index contributed by atoms with van der Waals surface area (Å²) in [5, 5.41) is 24.0. The van der Waals surface area contributed by atoms with Gasteiger partial charge in [0.2, 0.25) is 0 Å². The van der Waals surface area contributed by atoms with Gasteiger partial charge in [0.25, 0.3) is 17.3 Å². The van der Waals surface area contributed by atoms with Crippen LogP contribution in [0.2, 0.25) is 0 Å². The van der Waals surface area contributed by atoms with Gasteiger partial charge in [0.05, 0.1) is 9.85 Å². The van der Waals surface area contributed by atoms with Crippen molar-refractivity contribution in [3.8, 4) is 0 Å². The van der Waals surface area contributed by atoms with E-state index in [0.717, 1.165) is 6.08 Å². The highest BCUT2D eigenvalue weighted by molar-refractivity contribution is 5.96. The van der Waals surface area contributed by atoms with E-state index in [0.29, 0.717) is 11.1 Å². The minimum absolute atomic E-state index is 0.0370. The summed E-state index contributed by atoms with van der Waals surface area (Å²) < 4.78 is 4.78. The van der Waals surface area contributed by atoms with E-state index in [1.807, 2.05) is 0 Å². The number of para-hydroxylation sites is 1. The number of anilines is 1. The monoisotopic (exact) mass is 385 g/mol. The number of benzene rings is 2. The van der Waals surface area contributed by atoms with Gasteiger partial charge in [-0.2, -0.15) is 0 Å². The summed E-state index contributed by atoms with van der Waals surface area (Å²) in [6.45, 7) is 0.969. The minimum atomic E-state index is -0.812. The molecule has 0 atom stereocenters. The van der Waals surface area contributed by atoms with Gasteiger partial charge in [-0.3, -0.25) is 25.0 Å². The fourth-order valence-electron chi connectivity index (χ4n) is 2.20. The molecule has 0 aromatic heterocycles. The molecule has 2 aromatic rings. The first-order valence-electron chi connectivity index (χ1n) is 7.91. The third-order valence-electron chi connectivity index (χ3n) is 3.57. The molecule has 0 aliphatic heterocycles. The molecular weight excluding hydrogens is 370 g/mol. The predicted octanol–water partition coefficient (Wildman–Crippen LogP) is 3.01. The van der Waals surface area contributed by atoms with Crippen LogP contribution in [0, 0.1) is 27.2 Å². The van der Waals surface area contributed by atoms with E-state index in [4.69, 9.17) is 4.74 Å². The molecule has 0 fully saturated rings. The number of nitrogens with zero attached hydrogens (tertiary/aromatic N) is 2. The van der Waals surface area contributed by atoms with Crippen molar-refractivity contribution in [3.63, 3.8) is 0 Å². The Morgan fingerprint density at radius 3 is 2.36 bits per heavy atom.